The van der Waals surface area contributed by atoms with Gasteiger partial charge in [-0.2, -0.15) is 5.26 Å². The average molecular weight is 609 g/mol. The van der Waals surface area contributed by atoms with E-state index in [9.17, 15) is 9.59 Å². The van der Waals surface area contributed by atoms with Crippen LogP contribution in [0.15, 0.2) is 67.0 Å². The van der Waals surface area contributed by atoms with E-state index >= 15 is 0 Å². The summed E-state index contributed by atoms with van der Waals surface area (Å²) >= 11 is 0. The third-order valence-electron chi connectivity index (χ3n) is 6.62. The van der Waals surface area contributed by atoms with Gasteiger partial charge in [-0.05, 0) is 76.9 Å². The number of nitrogens with zero attached hydrogens (tertiary/aromatic N) is 2. The number of rotatable bonds is 14. The Balaban J connectivity index is 1.59. The summed E-state index contributed by atoms with van der Waals surface area (Å²) in [6, 6.07) is 15.9. The van der Waals surface area contributed by atoms with E-state index in [0.29, 0.717) is 22.7 Å². The van der Waals surface area contributed by atoms with E-state index < -0.39 is 25.9 Å². The van der Waals surface area contributed by atoms with Gasteiger partial charge in [-0.15, -0.1) is 0 Å². The SMILES string of the molecule is Cc1cc(=O)oc2cc(OCC(COc3ccc4c(C)cc(=O)oc4c3)OP(OCCC#N)N(C(C)C)C(C)C)ccc12. The first kappa shape index (κ1) is 32.2. The predicted octanol–water partition coefficient (Wildman–Crippen LogP) is 6.64. The van der Waals surface area contributed by atoms with Gasteiger partial charge in [0.1, 0.15) is 42.0 Å². The van der Waals surface area contributed by atoms with Gasteiger partial charge in [0.2, 0.25) is 0 Å². The Kier molecular flexibility index (Phi) is 10.9. The number of hydrogen-bond donors (Lipinski definition) is 0. The van der Waals surface area contributed by atoms with E-state index in [1.54, 1.807) is 12.1 Å². The second-order valence-electron chi connectivity index (χ2n) is 10.7. The first-order valence-corrected chi connectivity index (χ1v) is 15.3. The molecule has 2 aromatic heterocycles. The van der Waals surface area contributed by atoms with E-state index in [2.05, 4.69) is 38.4 Å². The average Bonchev–Trinajstić information content (AvgIpc) is 2.93. The summed E-state index contributed by atoms with van der Waals surface area (Å²) in [5.41, 5.74) is 1.63. The second-order valence-corrected chi connectivity index (χ2v) is 12.1. The maximum atomic E-state index is 11.9. The number of fused-ring (bicyclic) bond motifs is 2. The van der Waals surface area contributed by atoms with Crippen LogP contribution in [0.4, 0.5) is 0 Å². The fourth-order valence-electron chi connectivity index (χ4n) is 4.70. The molecule has 0 N–H and O–H groups in total. The van der Waals surface area contributed by atoms with Gasteiger partial charge in [-0.3, -0.25) is 0 Å². The molecule has 43 heavy (non-hydrogen) atoms. The Labute approximate surface area is 251 Å². The van der Waals surface area contributed by atoms with E-state index in [-0.39, 0.29) is 38.3 Å². The van der Waals surface area contributed by atoms with Crippen LogP contribution in [0.3, 0.4) is 0 Å². The fourth-order valence-corrected chi connectivity index (χ4v) is 6.38. The highest BCUT2D eigenvalue weighted by Crippen LogP contribution is 2.47. The molecule has 0 aliphatic heterocycles. The van der Waals surface area contributed by atoms with Crippen molar-refractivity contribution >= 4 is 30.5 Å². The fraction of sp³-hybridized carbons (Fsp3) is 0.406. The van der Waals surface area contributed by atoms with E-state index in [4.69, 9.17) is 32.6 Å². The Morgan fingerprint density at radius 1 is 0.814 bits per heavy atom. The van der Waals surface area contributed by atoms with E-state index in [0.717, 1.165) is 21.9 Å². The van der Waals surface area contributed by atoms with Crippen molar-refractivity contribution in [3.63, 3.8) is 0 Å². The zero-order chi connectivity index (χ0) is 31.1. The normalized spacial score (nSPS) is 12.5. The minimum Gasteiger partial charge on any atom is -0.491 e. The molecule has 1 atom stereocenters. The summed E-state index contributed by atoms with van der Waals surface area (Å²) in [6.07, 6.45) is -0.374. The van der Waals surface area contributed by atoms with Crippen molar-refractivity contribution in [3.05, 3.63) is 80.5 Å². The van der Waals surface area contributed by atoms with Gasteiger partial charge in [0, 0.05) is 47.1 Å². The molecule has 4 aromatic rings. The Hall–Kier alpha value is -3.74. The zero-order valence-electron chi connectivity index (χ0n) is 25.3. The smallest absolute Gasteiger partial charge is 0.336 e. The monoisotopic (exact) mass is 608 g/mol. The largest absolute Gasteiger partial charge is 0.491 e. The summed E-state index contributed by atoms with van der Waals surface area (Å²) in [5, 5.41) is 10.7. The third-order valence-corrected chi connectivity index (χ3v) is 8.80. The Bertz CT molecular complexity index is 1600. The van der Waals surface area contributed by atoms with Gasteiger partial charge in [0.05, 0.1) is 19.1 Å². The standard InChI is InChI=1S/C32H37N2O8P/c1-20(2)34(21(3)4)43(39-13-7-12-33)42-26(18-37-24-8-10-27-22(5)14-31(35)40-29(27)16-24)19-38-25-9-11-28-23(6)15-32(36)41-30(28)17-25/h8-11,14-17,20-21,26H,7,13,18-19H2,1-6H3. The quantitative estimate of drug-likeness (QED) is 0.0874. The maximum Gasteiger partial charge on any atom is 0.336 e. The summed E-state index contributed by atoms with van der Waals surface area (Å²) < 4.78 is 37.8. The third kappa shape index (κ3) is 8.43. The number of nitriles is 1. The van der Waals surface area contributed by atoms with Crippen molar-refractivity contribution in [1.82, 2.24) is 4.67 Å². The number of aryl methyl sites for hydroxylation is 2. The summed E-state index contributed by atoms with van der Waals surface area (Å²) in [5.74, 6) is 0.995. The molecule has 0 spiro atoms. The molecule has 0 aliphatic rings. The van der Waals surface area contributed by atoms with Crippen molar-refractivity contribution in [3.8, 4) is 17.6 Å². The molecular weight excluding hydrogens is 571 g/mol. The highest BCUT2D eigenvalue weighted by atomic mass is 31.2. The molecule has 0 radical (unpaired) electrons. The van der Waals surface area contributed by atoms with Gasteiger partial charge in [0.25, 0.3) is 8.53 Å². The lowest BCUT2D eigenvalue weighted by Gasteiger charge is -2.37. The van der Waals surface area contributed by atoms with Crippen LogP contribution in [0.5, 0.6) is 11.5 Å². The number of benzene rings is 2. The van der Waals surface area contributed by atoms with Gasteiger partial charge < -0.3 is 27.4 Å². The minimum absolute atomic E-state index is 0.0911. The molecule has 2 heterocycles. The van der Waals surface area contributed by atoms with Crippen LogP contribution in [-0.2, 0) is 9.05 Å². The highest BCUT2D eigenvalue weighted by molar-refractivity contribution is 7.44. The van der Waals surface area contributed by atoms with Gasteiger partial charge in [-0.1, -0.05) is 0 Å². The molecule has 2 aromatic carbocycles. The summed E-state index contributed by atoms with van der Waals surface area (Å²) in [4.78, 5) is 23.8. The van der Waals surface area contributed by atoms with Crippen LogP contribution in [0.25, 0.3) is 21.9 Å². The van der Waals surface area contributed by atoms with Crippen molar-refractivity contribution < 1.29 is 27.4 Å². The first-order valence-electron chi connectivity index (χ1n) is 14.2. The van der Waals surface area contributed by atoms with Crippen LogP contribution < -0.4 is 20.7 Å². The lowest BCUT2D eigenvalue weighted by Crippen LogP contribution is -2.36. The summed E-state index contributed by atoms with van der Waals surface area (Å²) in [7, 11) is -1.59. The highest BCUT2D eigenvalue weighted by Gasteiger charge is 2.30. The van der Waals surface area contributed by atoms with Crippen molar-refractivity contribution in [2.45, 2.75) is 66.2 Å². The van der Waals surface area contributed by atoms with E-state index in [1.807, 2.05) is 38.1 Å². The molecule has 10 nitrogen and oxygen atoms in total. The molecule has 0 saturated carbocycles. The van der Waals surface area contributed by atoms with Crippen LogP contribution in [0, 0.1) is 25.2 Å². The Morgan fingerprint density at radius 2 is 1.30 bits per heavy atom. The molecule has 0 bridgehead atoms. The van der Waals surface area contributed by atoms with Crippen LogP contribution in [0.1, 0.15) is 45.2 Å². The zero-order valence-corrected chi connectivity index (χ0v) is 26.2. The number of ether oxygens (including phenoxy) is 2. The van der Waals surface area contributed by atoms with Gasteiger partial charge in [0.15, 0.2) is 0 Å². The summed E-state index contributed by atoms with van der Waals surface area (Å²) in [6.45, 7) is 12.3. The lowest BCUT2D eigenvalue weighted by atomic mass is 10.1. The predicted molar refractivity (Wildman–Crippen MR) is 166 cm³/mol. The van der Waals surface area contributed by atoms with Gasteiger partial charge >= 0.3 is 11.3 Å². The van der Waals surface area contributed by atoms with Crippen molar-refractivity contribution in [2.75, 3.05) is 19.8 Å². The number of hydrogen-bond acceptors (Lipinski definition) is 10. The van der Waals surface area contributed by atoms with Crippen molar-refractivity contribution in [2.24, 2.45) is 0 Å². The van der Waals surface area contributed by atoms with Crippen LogP contribution in [-0.4, -0.2) is 42.7 Å². The molecule has 0 fully saturated rings. The molecule has 0 amide bonds. The minimum atomic E-state index is -1.59. The molecule has 4 rings (SSSR count). The second kappa shape index (κ2) is 14.6. The van der Waals surface area contributed by atoms with E-state index in [1.165, 1.54) is 12.1 Å². The molecular formula is C32H37N2O8P. The topological polar surface area (TPSA) is 124 Å². The molecule has 11 heteroatoms. The molecule has 0 saturated heterocycles. The van der Waals surface area contributed by atoms with Gasteiger partial charge in [-0.25, -0.2) is 14.3 Å². The maximum absolute atomic E-state index is 11.9. The van der Waals surface area contributed by atoms with Crippen LogP contribution in [0.2, 0.25) is 0 Å². The lowest BCUT2D eigenvalue weighted by molar-refractivity contribution is 0.0600. The van der Waals surface area contributed by atoms with Crippen molar-refractivity contribution in [1.29, 1.82) is 5.26 Å². The first-order chi connectivity index (χ1) is 20.5. The Morgan fingerprint density at radius 3 is 1.74 bits per heavy atom. The molecule has 0 aliphatic carbocycles. The van der Waals surface area contributed by atoms with Crippen LogP contribution >= 0.6 is 8.53 Å². The molecule has 228 valence electrons. The molecule has 1 unspecified atom stereocenters.